The normalized spacial score (nSPS) is 11.8. The summed E-state index contributed by atoms with van der Waals surface area (Å²) in [5, 5.41) is 6.78. The molecule has 1 aromatic heterocycles. The lowest BCUT2D eigenvalue weighted by molar-refractivity contribution is 0.0931. The minimum absolute atomic E-state index is 0.111. The molecule has 0 bridgehead atoms. The van der Waals surface area contributed by atoms with E-state index in [0.29, 0.717) is 5.76 Å². The van der Waals surface area contributed by atoms with Crippen molar-refractivity contribution in [3.05, 3.63) is 71.9 Å². The van der Waals surface area contributed by atoms with Gasteiger partial charge in [-0.3, -0.25) is 4.79 Å². The fourth-order valence-corrected chi connectivity index (χ4v) is 2.37. The highest BCUT2D eigenvalue weighted by atomic mass is 16.5. The van der Waals surface area contributed by atoms with Gasteiger partial charge in [-0.2, -0.15) is 0 Å². The van der Waals surface area contributed by atoms with Crippen molar-refractivity contribution in [1.29, 1.82) is 0 Å². The number of benzene rings is 2. The molecule has 0 saturated carbocycles. The topological polar surface area (TPSA) is 64.4 Å². The third-order valence-electron chi connectivity index (χ3n) is 3.76. The van der Waals surface area contributed by atoms with E-state index in [1.807, 2.05) is 61.5 Å². The van der Waals surface area contributed by atoms with Gasteiger partial charge in [0.2, 0.25) is 0 Å². The second-order valence-corrected chi connectivity index (χ2v) is 5.41. The van der Waals surface area contributed by atoms with Crippen molar-refractivity contribution in [2.24, 2.45) is 0 Å². The van der Waals surface area contributed by atoms with E-state index in [9.17, 15) is 4.79 Å². The molecule has 5 heteroatoms. The van der Waals surface area contributed by atoms with Crippen LogP contribution in [-0.2, 0) is 0 Å². The summed E-state index contributed by atoms with van der Waals surface area (Å²) in [7, 11) is 1.61. The second-order valence-electron chi connectivity index (χ2n) is 5.41. The van der Waals surface area contributed by atoms with E-state index in [1.165, 1.54) is 0 Å². The molecule has 1 heterocycles. The Morgan fingerprint density at radius 1 is 1.12 bits per heavy atom. The molecular weight excluding hydrogens is 304 g/mol. The summed E-state index contributed by atoms with van der Waals surface area (Å²) in [6.07, 6.45) is 0. The second kappa shape index (κ2) is 7.00. The lowest BCUT2D eigenvalue weighted by Gasteiger charge is -2.12. The van der Waals surface area contributed by atoms with E-state index in [1.54, 1.807) is 13.2 Å². The van der Waals surface area contributed by atoms with Gasteiger partial charge in [0.05, 0.1) is 13.2 Å². The number of methoxy groups -OCH3 is 1. The van der Waals surface area contributed by atoms with E-state index >= 15 is 0 Å². The average molecular weight is 322 g/mol. The molecule has 3 aromatic rings. The van der Waals surface area contributed by atoms with Crippen LogP contribution in [0.15, 0.2) is 65.2 Å². The molecule has 1 atom stereocenters. The molecular formula is C19H18N2O3. The highest BCUT2D eigenvalue weighted by Gasteiger charge is 2.16. The van der Waals surface area contributed by atoms with Gasteiger partial charge in [-0.15, -0.1) is 0 Å². The molecule has 24 heavy (non-hydrogen) atoms. The third kappa shape index (κ3) is 3.46. The van der Waals surface area contributed by atoms with Crippen LogP contribution in [0.25, 0.3) is 11.3 Å². The summed E-state index contributed by atoms with van der Waals surface area (Å²) in [5.41, 5.74) is 2.12. The highest BCUT2D eigenvalue weighted by molar-refractivity contribution is 5.93. The average Bonchev–Trinajstić information content (AvgIpc) is 3.13. The van der Waals surface area contributed by atoms with Crippen LogP contribution in [-0.4, -0.2) is 18.2 Å². The largest absolute Gasteiger partial charge is 0.497 e. The molecule has 0 spiro atoms. The SMILES string of the molecule is COc1ccc(-c2cc(C(=O)N[C@H](C)c3ccccc3)no2)cc1. The van der Waals surface area contributed by atoms with Gasteiger partial charge in [0.25, 0.3) is 5.91 Å². The molecule has 0 fully saturated rings. The van der Waals surface area contributed by atoms with E-state index in [2.05, 4.69) is 10.5 Å². The zero-order valence-corrected chi connectivity index (χ0v) is 13.5. The molecule has 1 N–H and O–H groups in total. The van der Waals surface area contributed by atoms with Crippen molar-refractivity contribution in [2.75, 3.05) is 7.11 Å². The quantitative estimate of drug-likeness (QED) is 0.775. The minimum Gasteiger partial charge on any atom is -0.497 e. The monoisotopic (exact) mass is 322 g/mol. The van der Waals surface area contributed by atoms with Gasteiger partial charge in [-0.1, -0.05) is 35.5 Å². The predicted octanol–water partition coefficient (Wildman–Crippen LogP) is 3.84. The van der Waals surface area contributed by atoms with Crippen LogP contribution in [0.1, 0.15) is 29.0 Å². The first kappa shape index (κ1) is 15.8. The van der Waals surface area contributed by atoms with Gasteiger partial charge in [-0.05, 0) is 36.8 Å². The maximum Gasteiger partial charge on any atom is 0.273 e. The van der Waals surface area contributed by atoms with E-state index in [0.717, 1.165) is 16.9 Å². The van der Waals surface area contributed by atoms with Crippen LogP contribution in [0.2, 0.25) is 0 Å². The molecule has 0 saturated heterocycles. The number of hydrogen-bond donors (Lipinski definition) is 1. The van der Waals surface area contributed by atoms with Crippen LogP contribution < -0.4 is 10.1 Å². The minimum atomic E-state index is -0.269. The third-order valence-corrected chi connectivity index (χ3v) is 3.76. The number of ether oxygens (including phenoxy) is 1. The van der Waals surface area contributed by atoms with E-state index in [-0.39, 0.29) is 17.6 Å². The van der Waals surface area contributed by atoms with Crippen molar-refractivity contribution in [3.8, 4) is 17.1 Å². The Morgan fingerprint density at radius 3 is 2.50 bits per heavy atom. The van der Waals surface area contributed by atoms with Crippen molar-refractivity contribution in [1.82, 2.24) is 10.5 Å². The first-order chi connectivity index (χ1) is 11.7. The van der Waals surface area contributed by atoms with E-state index < -0.39 is 0 Å². The van der Waals surface area contributed by atoms with Crippen molar-refractivity contribution in [3.63, 3.8) is 0 Å². The Morgan fingerprint density at radius 2 is 1.83 bits per heavy atom. The Bertz CT molecular complexity index is 810. The lowest BCUT2D eigenvalue weighted by atomic mass is 10.1. The Hall–Kier alpha value is -3.08. The number of carbonyl (C=O) groups is 1. The van der Waals surface area contributed by atoms with Crippen molar-refractivity contribution >= 4 is 5.91 Å². The number of hydrogen-bond acceptors (Lipinski definition) is 4. The van der Waals surface area contributed by atoms with Crippen molar-refractivity contribution < 1.29 is 14.1 Å². The zero-order chi connectivity index (χ0) is 16.9. The highest BCUT2D eigenvalue weighted by Crippen LogP contribution is 2.23. The van der Waals surface area contributed by atoms with Gasteiger partial charge in [0.15, 0.2) is 11.5 Å². The molecule has 0 aliphatic rings. The van der Waals surface area contributed by atoms with Gasteiger partial charge >= 0.3 is 0 Å². The fraction of sp³-hybridized carbons (Fsp3) is 0.158. The first-order valence-corrected chi connectivity index (χ1v) is 7.64. The van der Waals surface area contributed by atoms with Crippen LogP contribution >= 0.6 is 0 Å². The predicted molar refractivity (Wildman–Crippen MR) is 90.8 cm³/mol. The summed E-state index contributed by atoms with van der Waals surface area (Å²) < 4.78 is 10.4. The van der Waals surface area contributed by atoms with Gasteiger partial charge in [-0.25, -0.2) is 0 Å². The van der Waals surface area contributed by atoms with Crippen LogP contribution in [0.4, 0.5) is 0 Å². The number of amides is 1. The molecule has 0 aliphatic heterocycles. The van der Waals surface area contributed by atoms with Gasteiger partial charge in [0, 0.05) is 11.6 Å². The fourth-order valence-electron chi connectivity index (χ4n) is 2.37. The molecule has 1 amide bonds. The lowest BCUT2D eigenvalue weighted by Crippen LogP contribution is -2.26. The summed E-state index contributed by atoms with van der Waals surface area (Å²) in [5.74, 6) is 1.03. The van der Waals surface area contributed by atoms with Crippen LogP contribution in [0, 0.1) is 0 Å². The number of nitrogens with zero attached hydrogens (tertiary/aromatic N) is 1. The summed E-state index contributed by atoms with van der Waals surface area (Å²) >= 11 is 0. The first-order valence-electron chi connectivity index (χ1n) is 7.64. The summed E-state index contributed by atoms with van der Waals surface area (Å²) in [4.78, 5) is 12.3. The van der Waals surface area contributed by atoms with Crippen LogP contribution in [0.3, 0.4) is 0 Å². The summed E-state index contributed by atoms with van der Waals surface area (Å²) in [6, 6.07) is 18.6. The van der Waals surface area contributed by atoms with Gasteiger partial charge < -0.3 is 14.6 Å². The number of aromatic nitrogens is 1. The van der Waals surface area contributed by atoms with Crippen LogP contribution in [0.5, 0.6) is 5.75 Å². The Balaban J connectivity index is 1.71. The number of carbonyl (C=O) groups excluding carboxylic acids is 1. The van der Waals surface area contributed by atoms with E-state index in [4.69, 9.17) is 9.26 Å². The van der Waals surface area contributed by atoms with Gasteiger partial charge in [0.1, 0.15) is 5.75 Å². The maximum absolute atomic E-state index is 12.3. The Kier molecular flexibility index (Phi) is 4.61. The number of nitrogens with one attached hydrogen (secondary N) is 1. The molecule has 0 aliphatic carbocycles. The van der Waals surface area contributed by atoms with Crippen molar-refractivity contribution in [2.45, 2.75) is 13.0 Å². The maximum atomic E-state index is 12.3. The zero-order valence-electron chi connectivity index (χ0n) is 13.5. The molecule has 5 nitrogen and oxygen atoms in total. The Labute approximate surface area is 140 Å². The smallest absolute Gasteiger partial charge is 0.273 e. The number of rotatable bonds is 5. The standard InChI is InChI=1S/C19H18N2O3/c1-13(14-6-4-3-5-7-14)20-19(22)17-12-18(24-21-17)15-8-10-16(23-2)11-9-15/h3-13H,1-2H3,(H,20,22)/t13-/m1/s1. The summed E-state index contributed by atoms with van der Waals surface area (Å²) in [6.45, 7) is 1.93. The molecule has 0 unspecified atom stereocenters. The molecule has 0 radical (unpaired) electrons. The molecule has 3 rings (SSSR count). The molecule has 122 valence electrons. The molecule has 2 aromatic carbocycles.